The van der Waals surface area contributed by atoms with Crippen molar-refractivity contribution >= 4 is 0 Å². The molecular formula is C14H30N2O. The highest BCUT2D eigenvalue weighted by Gasteiger charge is 2.14. The highest BCUT2D eigenvalue weighted by atomic mass is 16.5. The Hall–Kier alpha value is -0.120. The molecule has 0 aromatic heterocycles. The van der Waals surface area contributed by atoms with Gasteiger partial charge in [-0.1, -0.05) is 19.8 Å². The summed E-state index contributed by atoms with van der Waals surface area (Å²) in [6.07, 6.45) is 6.80. The zero-order valence-corrected chi connectivity index (χ0v) is 12.0. The largest absolute Gasteiger partial charge is 0.381 e. The number of hydrogen-bond donors (Lipinski definition) is 0. The van der Waals surface area contributed by atoms with Crippen LogP contribution in [0.5, 0.6) is 0 Å². The van der Waals surface area contributed by atoms with Crippen LogP contribution in [0.3, 0.4) is 0 Å². The molecule has 0 aliphatic carbocycles. The standard InChI is InChI=1S/C14H30N2O/c1-4-5-7-14(17-3)8-6-9-16-12-10-15(2)11-13-16/h14H,4-13H2,1-3H3/t14-/m0/s1. The normalized spacial score (nSPS) is 20.6. The molecule has 0 aromatic carbocycles. The molecule has 0 N–H and O–H groups in total. The lowest BCUT2D eigenvalue weighted by Crippen LogP contribution is -2.44. The average molecular weight is 242 g/mol. The SMILES string of the molecule is CCCC[C@@H](CCCN1CCN(C)CC1)OC. The van der Waals surface area contributed by atoms with Gasteiger partial charge in [-0.25, -0.2) is 0 Å². The van der Waals surface area contributed by atoms with Gasteiger partial charge in [0.1, 0.15) is 0 Å². The van der Waals surface area contributed by atoms with Crippen LogP contribution in [0.25, 0.3) is 0 Å². The second kappa shape index (κ2) is 8.90. The van der Waals surface area contributed by atoms with E-state index in [4.69, 9.17) is 4.74 Å². The van der Waals surface area contributed by atoms with Crippen LogP contribution in [0.4, 0.5) is 0 Å². The molecule has 1 fully saturated rings. The smallest absolute Gasteiger partial charge is 0.0571 e. The minimum absolute atomic E-state index is 0.488. The molecule has 1 aliphatic rings. The molecule has 3 nitrogen and oxygen atoms in total. The molecule has 1 aliphatic heterocycles. The summed E-state index contributed by atoms with van der Waals surface area (Å²) < 4.78 is 5.53. The number of unbranched alkanes of at least 4 members (excludes halogenated alkanes) is 1. The monoisotopic (exact) mass is 242 g/mol. The Morgan fingerprint density at radius 3 is 2.29 bits per heavy atom. The number of hydrogen-bond acceptors (Lipinski definition) is 3. The summed E-state index contributed by atoms with van der Waals surface area (Å²) in [6, 6.07) is 0. The first-order valence-corrected chi connectivity index (χ1v) is 7.20. The fraction of sp³-hybridized carbons (Fsp3) is 1.00. The molecule has 17 heavy (non-hydrogen) atoms. The Morgan fingerprint density at radius 1 is 1.06 bits per heavy atom. The van der Waals surface area contributed by atoms with E-state index < -0.39 is 0 Å². The van der Waals surface area contributed by atoms with E-state index in [9.17, 15) is 0 Å². The maximum absolute atomic E-state index is 5.53. The molecule has 1 heterocycles. The molecule has 1 rings (SSSR count). The topological polar surface area (TPSA) is 15.7 Å². The Balaban J connectivity index is 2.05. The van der Waals surface area contributed by atoms with Crippen LogP contribution in [-0.4, -0.2) is 62.8 Å². The van der Waals surface area contributed by atoms with E-state index in [-0.39, 0.29) is 0 Å². The fourth-order valence-corrected chi connectivity index (χ4v) is 2.43. The Morgan fingerprint density at radius 2 is 1.71 bits per heavy atom. The van der Waals surface area contributed by atoms with Crippen LogP contribution >= 0.6 is 0 Å². The van der Waals surface area contributed by atoms with Gasteiger partial charge in [0, 0.05) is 33.3 Å². The number of nitrogens with zero attached hydrogens (tertiary/aromatic N) is 2. The molecule has 0 radical (unpaired) electrons. The number of piperazine rings is 1. The van der Waals surface area contributed by atoms with Gasteiger partial charge >= 0.3 is 0 Å². The molecule has 0 aromatic rings. The molecule has 0 amide bonds. The average Bonchev–Trinajstić information content (AvgIpc) is 2.36. The van der Waals surface area contributed by atoms with E-state index in [2.05, 4.69) is 23.8 Å². The van der Waals surface area contributed by atoms with Crippen molar-refractivity contribution in [2.24, 2.45) is 0 Å². The first-order valence-electron chi connectivity index (χ1n) is 7.20. The zero-order valence-electron chi connectivity index (χ0n) is 12.0. The number of ether oxygens (including phenoxy) is 1. The van der Waals surface area contributed by atoms with Gasteiger partial charge in [0.25, 0.3) is 0 Å². The Bertz CT molecular complexity index is 174. The lowest BCUT2D eigenvalue weighted by Gasteiger charge is -2.32. The summed E-state index contributed by atoms with van der Waals surface area (Å²) in [6.45, 7) is 8.43. The van der Waals surface area contributed by atoms with Gasteiger partial charge in [-0.05, 0) is 32.9 Å². The second-order valence-electron chi connectivity index (χ2n) is 5.29. The minimum atomic E-state index is 0.488. The second-order valence-corrected chi connectivity index (χ2v) is 5.29. The zero-order chi connectivity index (χ0) is 12.5. The third-order valence-corrected chi connectivity index (χ3v) is 3.81. The van der Waals surface area contributed by atoms with E-state index in [1.165, 1.54) is 64.8 Å². The van der Waals surface area contributed by atoms with Crippen molar-refractivity contribution < 1.29 is 4.74 Å². The minimum Gasteiger partial charge on any atom is -0.381 e. The predicted octanol–water partition coefficient (Wildman–Crippen LogP) is 2.22. The molecule has 0 bridgehead atoms. The van der Waals surface area contributed by atoms with E-state index >= 15 is 0 Å². The molecule has 0 saturated carbocycles. The third kappa shape index (κ3) is 6.39. The van der Waals surface area contributed by atoms with E-state index in [1.807, 2.05) is 7.11 Å². The van der Waals surface area contributed by atoms with Gasteiger partial charge in [0.05, 0.1) is 6.10 Å². The summed E-state index contributed by atoms with van der Waals surface area (Å²) in [4.78, 5) is 5.00. The van der Waals surface area contributed by atoms with Crippen molar-refractivity contribution in [1.29, 1.82) is 0 Å². The van der Waals surface area contributed by atoms with Gasteiger partial charge < -0.3 is 14.5 Å². The molecular weight excluding hydrogens is 212 g/mol. The highest BCUT2D eigenvalue weighted by Crippen LogP contribution is 2.11. The van der Waals surface area contributed by atoms with Crippen LogP contribution in [0.2, 0.25) is 0 Å². The molecule has 0 spiro atoms. The molecule has 1 saturated heterocycles. The quantitative estimate of drug-likeness (QED) is 0.649. The maximum atomic E-state index is 5.53. The van der Waals surface area contributed by atoms with Gasteiger partial charge in [-0.15, -0.1) is 0 Å². The van der Waals surface area contributed by atoms with E-state index in [0.717, 1.165) is 0 Å². The van der Waals surface area contributed by atoms with Crippen molar-refractivity contribution in [2.75, 3.05) is 46.9 Å². The fourth-order valence-electron chi connectivity index (χ4n) is 2.43. The van der Waals surface area contributed by atoms with Gasteiger partial charge in [-0.2, -0.15) is 0 Å². The summed E-state index contributed by atoms with van der Waals surface area (Å²) in [5, 5.41) is 0. The van der Waals surface area contributed by atoms with Crippen molar-refractivity contribution in [2.45, 2.75) is 45.1 Å². The summed E-state index contributed by atoms with van der Waals surface area (Å²) in [7, 11) is 4.07. The van der Waals surface area contributed by atoms with Crippen LogP contribution in [0.15, 0.2) is 0 Å². The van der Waals surface area contributed by atoms with Crippen molar-refractivity contribution in [1.82, 2.24) is 9.80 Å². The van der Waals surface area contributed by atoms with Gasteiger partial charge in [0.15, 0.2) is 0 Å². The molecule has 102 valence electrons. The molecule has 1 atom stereocenters. The number of methoxy groups -OCH3 is 1. The molecule has 0 unspecified atom stereocenters. The summed E-state index contributed by atoms with van der Waals surface area (Å²) in [5.41, 5.74) is 0. The lowest BCUT2D eigenvalue weighted by molar-refractivity contribution is 0.0777. The van der Waals surface area contributed by atoms with Crippen LogP contribution in [-0.2, 0) is 4.74 Å². The maximum Gasteiger partial charge on any atom is 0.0571 e. The highest BCUT2D eigenvalue weighted by molar-refractivity contribution is 4.69. The molecule has 3 heteroatoms. The third-order valence-electron chi connectivity index (χ3n) is 3.81. The van der Waals surface area contributed by atoms with Crippen LogP contribution in [0.1, 0.15) is 39.0 Å². The number of rotatable bonds is 8. The van der Waals surface area contributed by atoms with E-state index in [1.54, 1.807) is 0 Å². The van der Waals surface area contributed by atoms with Gasteiger partial charge in [-0.3, -0.25) is 0 Å². The summed E-state index contributed by atoms with van der Waals surface area (Å²) >= 11 is 0. The Kier molecular flexibility index (Phi) is 7.82. The predicted molar refractivity (Wildman–Crippen MR) is 73.5 cm³/mol. The number of likely N-dealkylation sites (N-methyl/N-ethyl adjacent to an activating group) is 1. The van der Waals surface area contributed by atoms with Crippen molar-refractivity contribution in [3.05, 3.63) is 0 Å². The van der Waals surface area contributed by atoms with Crippen LogP contribution in [0, 0.1) is 0 Å². The first kappa shape index (κ1) is 14.9. The van der Waals surface area contributed by atoms with Crippen LogP contribution < -0.4 is 0 Å². The van der Waals surface area contributed by atoms with E-state index in [0.29, 0.717) is 6.10 Å². The van der Waals surface area contributed by atoms with Crippen molar-refractivity contribution in [3.63, 3.8) is 0 Å². The first-order chi connectivity index (χ1) is 8.26. The Labute approximate surface area is 107 Å². The van der Waals surface area contributed by atoms with Crippen molar-refractivity contribution in [3.8, 4) is 0 Å². The van der Waals surface area contributed by atoms with Gasteiger partial charge in [0.2, 0.25) is 0 Å². The lowest BCUT2D eigenvalue weighted by atomic mass is 10.1. The summed E-state index contributed by atoms with van der Waals surface area (Å²) in [5.74, 6) is 0.